The van der Waals surface area contributed by atoms with Crippen LogP contribution in [-0.4, -0.2) is 15.0 Å². The fourth-order valence-electron chi connectivity index (χ4n) is 2.41. The van der Waals surface area contributed by atoms with Crippen LogP contribution in [0.25, 0.3) is 22.2 Å². The molecule has 0 atom stereocenters. The number of rotatable bonds is 2. The maximum Gasteiger partial charge on any atom is 0.136 e. The van der Waals surface area contributed by atoms with Crippen LogP contribution in [-0.2, 0) is 0 Å². The molecule has 1 aromatic carbocycles. The van der Waals surface area contributed by atoms with Crippen LogP contribution in [0.5, 0.6) is 0 Å². The number of fused-ring (bicyclic) bond motifs is 1. The monoisotopic (exact) mass is 283 g/mol. The summed E-state index contributed by atoms with van der Waals surface area (Å²) in [6, 6.07) is 10.0. The second-order valence-corrected chi connectivity index (χ2v) is 5.32. The summed E-state index contributed by atoms with van der Waals surface area (Å²) in [5.74, 6) is 0.255. The molecule has 0 spiro atoms. The molecule has 100 valence electrons. The lowest BCUT2D eigenvalue weighted by atomic mass is 9.96. The lowest BCUT2D eigenvalue weighted by Gasteiger charge is -2.14. The zero-order chi connectivity index (χ0) is 14.1. The van der Waals surface area contributed by atoms with Crippen LogP contribution >= 0.6 is 11.6 Å². The molecule has 0 N–H and O–H groups in total. The largest absolute Gasteiger partial charge is 0.256 e. The van der Waals surface area contributed by atoms with Gasteiger partial charge in [0.25, 0.3) is 0 Å². The van der Waals surface area contributed by atoms with E-state index in [0.717, 1.165) is 27.7 Å². The zero-order valence-corrected chi connectivity index (χ0v) is 12.1. The molecule has 0 aliphatic rings. The predicted octanol–water partition coefficient (Wildman–Crippen LogP) is 4.47. The van der Waals surface area contributed by atoms with Gasteiger partial charge in [-0.05, 0) is 18.1 Å². The van der Waals surface area contributed by atoms with Gasteiger partial charge in [-0.2, -0.15) is 0 Å². The summed E-state index contributed by atoms with van der Waals surface area (Å²) in [4.78, 5) is 13.0. The summed E-state index contributed by atoms with van der Waals surface area (Å²) in [6.07, 6.45) is 3.31. The summed E-state index contributed by atoms with van der Waals surface area (Å²) in [7, 11) is 0. The van der Waals surface area contributed by atoms with Gasteiger partial charge in [0.05, 0.1) is 11.2 Å². The Morgan fingerprint density at radius 1 is 1.00 bits per heavy atom. The minimum Gasteiger partial charge on any atom is -0.256 e. The van der Waals surface area contributed by atoms with E-state index in [1.54, 1.807) is 6.20 Å². The second kappa shape index (κ2) is 5.17. The number of halogens is 1. The van der Waals surface area contributed by atoms with E-state index in [-0.39, 0.29) is 5.92 Å². The van der Waals surface area contributed by atoms with Crippen LogP contribution in [0.3, 0.4) is 0 Å². The van der Waals surface area contributed by atoms with Crippen molar-refractivity contribution in [1.29, 1.82) is 0 Å². The summed E-state index contributed by atoms with van der Waals surface area (Å²) in [6.45, 7) is 4.19. The molecule has 0 aliphatic carbocycles. The van der Waals surface area contributed by atoms with Gasteiger partial charge in [-0.25, -0.2) is 9.97 Å². The van der Waals surface area contributed by atoms with E-state index in [1.807, 2.05) is 18.2 Å². The van der Waals surface area contributed by atoms with Gasteiger partial charge in [-0.1, -0.05) is 43.6 Å². The van der Waals surface area contributed by atoms with Crippen molar-refractivity contribution in [3.05, 3.63) is 53.6 Å². The van der Waals surface area contributed by atoms with Crippen molar-refractivity contribution in [3.63, 3.8) is 0 Å². The van der Waals surface area contributed by atoms with Crippen molar-refractivity contribution in [2.24, 2.45) is 0 Å². The smallest absolute Gasteiger partial charge is 0.136 e. The van der Waals surface area contributed by atoms with E-state index in [2.05, 4.69) is 40.9 Å². The lowest BCUT2D eigenvalue weighted by molar-refractivity contribution is 0.850. The molecule has 20 heavy (non-hydrogen) atoms. The second-order valence-electron chi connectivity index (χ2n) is 4.96. The quantitative estimate of drug-likeness (QED) is 0.651. The molecule has 4 heteroatoms. The van der Waals surface area contributed by atoms with Crippen molar-refractivity contribution in [2.75, 3.05) is 0 Å². The van der Waals surface area contributed by atoms with Gasteiger partial charge in [0.15, 0.2) is 0 Å². The summed E-state index contributed by atoms with van der Waals surface area (Å²) in [5.41, 5.74) is 3.86. The average Bonchev–Trinajstić information content (AvgIpc) is 2.46. The highest BCUT2D eigenvalue weighted by atomic mass is 35.5. The number of pyridine rings is 1. The Morgan fingerprint density at radius 2 is 1.85 bits per heavy atom. The van der Waals surface area contributed by atoms with Gasteiger partial charge in [0.1, 0.15) is 11.5 Å². The number of hydrogen-bond donors (Lipinski definition) is 0. The predicted molar refractivity (Wildman–Crippen MR) is 81.9 cm³/mol. The Balaban J connectivity index is 2.35. The Hall–Kier alpha value is -2.00. The van der Waals surface area contributed by atoms with Crippen molar-refractivity contribution in [2.45, 2.75) is 19.8 Å². The van der Waals surface area contributed by atoms with Crippen LogP contribution in [0.2, 0.25) is 5.15 Å². The highest BCUT2D eigenvalue weighted by molar-refractivity contribution is 6.30. The van der Waals surface area contributed by atoms with Crippen molar-refractivity contribution in [1.82, 2.24) is 15.0 Å². The van der Waals surface area contributed by atoms with Crippen LogP contribution in [0.15, 0.2) is 42.9 Å². The highest BCUT2D eigenvalue weighted by Crippen LogP contribution is 2.34. The number of benzene rings is 1. The van der Waals surface area contributed by atoms with Gasteiger partial charge < -0.3 is 0 Å². The van der Waals surface area contributed by atoms with Crippen molar-refractivity contribution >= 4 is 22.5 Å². The SMILES string of the molecule is CC(C)c1c(Cl)ncnc1-c1cccc2ncccc12. The van der Waals surface area contributed by atoms with E-state index in [9.17, 15) is 0 Å². The molecule has 2 heterocycles. The van der Waals surface area contributed by atoms with Crippen molar-refractivity contribution < 1.29 is 0 Å². The maximum atomic E-state index is 6.26. The van der Waals surface area contributed by atoms with Gasteiger partial charge in [-0.15, -0.1) is 0 Å². The van der Waals surface area contributed by atoms with Gasteiger partial charge >= 0.3 is 0 Å². The fraction of sp³-hybridized carbons (Fsp3) is 0.188. The molecule has 0 aliphatic heterocycles. The molecular formula is C16H14ClN3. The summed E-state index contributed by atoms with van der Waals surface area (Å²) < 4.78 is 0. The molecule has 3 nitrogen and oxygen atoms in total. The fourth-order valence-corrected chi connectivity index (χ4v) is 2.76. The lowest BCUT2D eigenvalue weighted by Crippen LogP contribution is -1.99. The van der Waals surface area contributed by atoms with Crippen LogP contribution in [0, 0.1) is 0 Å². The number of aromatic nitrogens is 3. The molecule has 0 radical (unpaired) electrons. The third kappa shape index (κ3) is 2.14. The first-order valence-corrected chi connectivity index (χ1v) is 6.91. The van der Waals surface area contributed by atoms with Crippen molar-refractivity contribution in [3.8, 4) is 11.3 Å². The summed E-state index contributed by atoms with van der Waals surface area (Å²) >= 11 is 6.26. The first-order valence-electron chi connectivity index (χ1n) is 6.53. The third-order valence-electron chi connectivity index (χ3n) is 3.31. The van der Waals surface area contributed by atoms with Crippen LogP contribution in [0.4, 0.5) is 0 Å². The average molecular weight is 284 g/mol. The van der Waals surface area contributed by atoms with Crippen LogP contribution < -0.4 is 0 Å². The summed E-state index contributed by atoms with van der Waals surface area (Å²) in [5, 5.41) is 1.59. The standard InChI is InChI=1S/C16H14ClN3/c1-10(2)14-15(19-9-20-16(14)17)12-5-3-7-13-11(12)6-4-8-18-13/h3-10H,1-2H3. The maximum absolute atomic E-state index is 6.26. The first kappa shape index (κ1) is 13.0. The molecule has 0 fully saturated rings. The molecular weight excluding hydrogens is 270 g/mol. The molecule has 3 aromatic rings. The first-order chi connectivity index (χ1) is 9.68. The molecule has 0 saturated carbocycles. The Bertz CT molecular complexity index is 763. The molecule has 3 rings (SSSR count). The van der Waals surface area contributed by atoms with Gasteiger partial charge in [-0.3, -0.25) is 4.98 Å². The number of hydrogen-bond acceptors (Lipinski definition) is 3. The van der Waals surface area contributed by atoms with E-state index in [4.69, 9.17) is 11.6 Å². The molecule has 2 aromatic heterocycles. The highest BCUT2D eigenvalue weighted by Gasteiger charge is 2.16. The van der Waals surface area contributed by atoms with E-state index in [0.29, 0.717) is 5.15 Å². The normalized spacial score (nSPS) is 11.2. The Morgan fingerprint density at radius 3 is 2.65 bits per heavy atom. The Labute approximate surface area is 122 Å². The third-order valence-corrected chi connectivity index (χ3v) is 3.61. The minimum atomic E-state index is 0.255. The molecule has 0 unspecified atom stereocenters. The minimum absolute atomic E-state index is 0.255. The molecule has 0 bridgehead atoms. The Kier molecular flexibility index (Phi) is 3.36. The zero-order valence-electron chi connectivity index (χ0n) is 11.3. The van der Waals surface area contributed by atoms with Crippen LogP contribution in [0.1, 0.15) is 25.3 Å². The van der Waals surface area contributed by atoms with E-state index in [1.165, 1.54) is 6.33 Å². The topological polar surface area (TPSA) is 38.7 Å². The number of nitrogens with zero attached hydrogens (tertiary/aromatic N) is 3. The van der Waals surface area contributed by atoms with Gasteiger partial charge in [0.2, 0.25) is 0 Å². The molecule has 0 saturated heterocycles. The molecule has 0 amide bonds. The van der Waals surface area contributed by atoms with Gasteiger partial charge in [0, 0.05) is 22.7 Å². The van der Waals surface area contributed by atoms with E-state index >= 15 is 0 Å². The van der Waals surface area contributed by atoms with E-state index < -0.39 is 0 Å².